The second-order valence-corrected chi connectivity index (χ2v) is 4.99. The molecule has 0 saturated heterocycles. The monoisotopic (exact) mass is 220 g/mol. The normalized spacial score (nSPS) is 15.2. The van der Waals surface area contributed by atoms with Crippen LogP contribution in [0.5, 0.6) is 0 Å². The molecule has 1 rings (SSSR count). The van der Waals surface area contributed by atoms with Crippen LogP contribution in [0, 0.1) is 20.8 Å². The number of nitrogens with two attached hydrogens (primary N) is 1. The van der Waals surface area contributed by atoms with Crippen LogP contribution >= 0.6 is 0 Å². The number of rotatable bonds is 3. The van der Waals surface area contributed by atoms with E-state index in [0.717, 1.165) is 0 Å². The molecule has 0 aromatic heterocycles. The van der Waals surface area contributed by atoms with Crippen molar-refractivity contribution in [3.63, 3.8) is 0 Å². The molecular formula is C14H24N2. The smallest absolute Gasteiger partial charge is 0.0493 e. The van der Waals surface area contributed by atoms with Crippen LogP contribution in [0.25, 0.3) is 0 Å². The highest BCUT2D eigenvalue weighted by atomic mass is 15.1. The van der Waals surface area contributed by atoms with Crippen LogP contribution in [0.2, 0.25) is 0 Å². The van der Waals surface area contributed by atoms with E-state index in [9.17, 15) is 0 Å². The summed E-state index contributed by atoms with van der Waals surface area (Å²) < 4.78 is 0. The maximum atomic E-state index is 6.08. The summed E-state index contributed by atoms with van der Waals surface area (Å²) in [6.07, 6.45) is 0. The van der Waals surface area contributed by atoms with E-state index in [0.29, 0.717) is 6.04 Å². The quantitative estimate of drug-likeness (QED) is 0.848. The summed E-state index contributed by atoms with van der Waals surface area (Å²) in [7, 11) is 4.17. The molecule has 2 unspecified atom stereocenters. The first-order valence-corrected chi connectivity index (χ1v) is 5.85. The molecule has 0 aliphatic carbocycles. The SMILES string of the molecule is Cc1ccc(C(C(C)N)N(C)C)c(C)c1C. The molecule has 0 aliphatic rings. The Morgan fingerprint density at radius 1 is 1.06 bits per heavy atom. The lowest BCUT2D eigenvalue weighted by Gasteiger charge is -2.30. The summed E-state index contributed by atoms with van der Waals surface area (Å²) in [6, 6.07) is 4.83. The molecule has 1 aromatic rings. The van der Waals surface area contributed by atoms with Gasteiger partial charge in [-0.1, -0.05) is 12.1 Å². The highest BCUT2D eigenvalue weighted by molar-refractivity contribution is 5.40. The van der Waals surface area contributed by atoms with Crippen molar-refractivity contribution in [1.82, 2.24) is 4.90 Å². The van der Waals surface area contributed by atoms with Crippen molar-refractivity contribution in [2.75, 3.05) is 14.1 Å². The fourth-order valence-electron chi connectivity index (χ4n) is 2.33. The predicted octanol–water partition coefficient (Wildman–Crippen LogP) is 2.56. The molecule has 2 nitrogen and oxygen atoms in total. The fourth-order valence-corrected chi connectivity index (χ4v) is 2.33. The number of hydrogen-bond acceptors (Lipinski definition) is 2. The third-order valence-corrected chi connectivity index (χ3v) is 3.47. The van der Waals surface area contributed by atoms with E-state index in [1.54, 1.807) is 0 Å². The number of benzene rings is 1. The molecule has 0 saturated carbocycles. The van der Waals surface area contributed by atoms with Gasteiger partial charge in [0, 0.05) is 12.1 Å². The molecule has 0 fully saturated rings. The first-order chi connectivity index (χ1) is 7.36. The van der Waals surface area contributed by atoms with Crippen molar-refractivity contribution in [2.45, 2.75) is 39.8 Å². The predicted molar refractivity (Wildman–Crippen MR) is 70.7 cm³/mol. The zero-order chi connectivity index (χ0) is 12.5. The largest absolute Gasteiger partial charge is 0.326 e. The molecule has 2 atom stereocenters. The van der Waals surface area contributed by atoms with Gasteiger partial charge >= 0.3 is 0 Å². The van der Waals surface area contributed by atoms with Gasteiger partial charge in [-0.3, -0.25) is 0 Å². The van der Waals surface area contributed by atoms with Gasteiger partial charge in [-0.05, 0) is 64.0 Å². The van der Waals surface area contributed by atoms with Crippen LogP contribution in [0.3, 0.4) is 0 Å². The minimum Gasteiger partial charge on any atom is -0.326 e. The van der Waals surface area contributed by atoms with Crippen LogP contribution in [0.4, 0.5) is 0 Å². The first-order valence-electron chi connectivity index (χ1n) is 5.85. The molecule has 0 radical (unpaired) electrons. The lowest BCUT2D eigenvalue weighted by Crippen LogP contribution is -2.35. The average molecular weight is 220 g/mol. The van der Waals surface area contributed by atoms with Crippen molar-refractivity contribution in [1.29, 1.82) is 0 Å². The highest BCUT2D eigenvalue weighted by Crippen LogP contribution is 2.27. The minimum absolute atomic E-state index is 0.135. The van der Waals surface area contributed by atoms with Gasteiger partial charge in [0.05, 0.1) is 0 Å². The van der Waals surface area contributed by atoms with E-state index in [-0.39, 0.29) is 6.04 Å². The Morgan fingerprint density at radius 2 is 1.62 bits per heavy atom. The van der Waals surface area contributed by atoms with E-state index in [1.165, 1.54) is 22.3 Å². The third kappa shape index (κ3) is 2.45. The van der Waals surface area contributed by atoms with Gasteiger partial charge in [0.15, 0.2) is 0 Å². The topological polar surface area (TPSA) is 29.3 Å². The number of likely N-dealkylation sites (N-methyl/N-ethyl adjacent to an activating group) is 1. The van der Waals surface area contributed by atoms with Crippen molar-refractivity contribution in [3.05, 3.63) is 34.4 Å². The number of hydrogen-bond donors (Lipinski definition) is 1. The zero-order valence-electron chi connectivity index (χ0n) is 11.3. The highest BCUT2D eigenvalue weighted by Gasteiger charge is 2.21. The summed E-state index contributed by atoms with van der Waals surface area (Å²) in [5.41, 5.74) is 11.5. The Morgan fingerprint density at radius 3 is 2.06 bits per heavy atom. The molecule has 2 N–H and O–H groups in total. The van der Waals surface area contributed by atoms with Crippen molar-refractivity contribution in [3.8, 4) is 0 Å². The third-order valence-electron chi connectivity index (χ3n) is 3.47. The second-order valence-electron chi connectivity index (χ2n) is 4.99. The van der Waals surface area contributed by atoms with Gasteiger partial charge in [-0.25, -0.2) is 0 Å². The van der Waals surface area contributed by atoms with Gasteiger partial charge in [-0.2, -0.15) is 0 Å². The first kappa shape index (κ1) is 13.2. The van der Waals surface area contributed by atoms with E-state index in [4.69, 9.17) is 5.73 Å². The minimum atomic E-state index is 0.135. The van der Waals surface area contributed by atoms with E-state index < -0.39 is 0 Å². The Hall–Kier alpha value is -0.860. The molecule has 1 aromatic carbocycles. The lowest BCUT2D eigenvalue weighted by molar-refractivity contribution is 0.265. The van der Waals surface area contributed by atoms with Crippen molar-refractivity contribution in [2.24, 2.45) is 5.73 Å². The van der Waals surface area contributed by atoms with Crippen molar-refractivity contribution >= 4 is 0 Å². The average Bonchev–Trinajstić information content (AvgIpc) is 2.17. The second kappa shape index (κ2) is 4.98. The number of aryl methyl sites for hydroxylation is 1. The summed E-state index contributed by atoms with van der Waals surface area (Å²) >= 11 is 0. The summed E-state index contributed by atoms with van der Waals surface area (Å²) in [5, 5.41) is 0. The maximum Gasteiger partial charge on any atom is 0.0493 e. The van der Waals surface area contributed by atoms with Gasteiger partial charge in [0.1, 0.15) is 0 Å². The van der Waals surface area contributed by atoms with Crippen LogP contribution in [-0.2, 0) is 0 Å². The molecule has 0 aliphatic heterocycles. The summed E-state index contributed by atoms with van der Waals surface area (Å²) in [6.45, 7) is 8.60. The van der Waals surface area contributed by atoms with Crippen LogP contribution < -0.4 is 5.73 Å². The molecular weight excluding hydrogens is 196 g/mol. The van der Waals surface area contributed by atoms with Crippen molar-refractivity contribution < 1.29 is 0 Å². The Kier molecular flexibility index (Phi) is 4.11. The molecule has 2 heteroatoms. The van der Waals surface area contributed by atoms with Gasteiger partial charge < -0.3 is 10.6 Å². The maximum absolute atomic E-state index is 6.08. The number of nitrogens with zero attached hydrogens (tertiary/aromatic N) is 1. The summed E-state index contributed by atoms with van der Waals surface area (Å²) in [4.78, 5) is 2.20. The van der Waals surface area contributed by atoms with Gasteiger partial charge in [-0.15, -0.1) is 0 Å². The molecule has 0 spiro atoms. The lowest BCUT2D eigenvalue weighted by atomic mass is 9.91. The molecule has 0 amide bonds. The van der Waals surface area contributed by atoms with Crippen LogP contribution in [-0.4, -0.2) is 25.0 Å². The molecule has 0 heterocycles. The van der Waals surface area contributed by atoms with Crippen LogP contribution in [0.1, 0.15) is 35.2 Å². The van der Waals surface area contributed by atoms with E-state index >= 15 is 0 Å². The Balaban J connectivity index is 3.26. The van der Waals surface area contributed by atoms with Gasteiger partial charge in [0.2, 0.25) is 0 Å². The van der Waals surface area contributed by atoms with E-state index in [1.807, 2.05) is 0 Å². The van der Waals surface area contributed by atoms with Crippen LogP contribution in [0.15, 0.2) is 12.1 Å². The molecule has 16 heavy (non-hydrogen) atoms. The summed E-state index contributed by atoms with van der Waals surface area (Å²) in [5.74, 6) is 0. The zero-order valence-corrected chi connectivity index (χ0v) is 11.3. The van der Waals surface area contributed by atoms with Gasteiger partial charge in [0.25, 0.3) is 0 Å². The standard InChI is InChI=1S/C14H24N2/c1-9-7-8-13(11(3)10(9)2)14(12(4)15)16(5)6/h7-8,12,14H,15H2,1-6H3. The molecule has 0 bridgehead atoms. The molecule has 90 valence electrons. The Bertz CT molecular complexity index is 359. The fraction of sp³-hybridized carbons (Fsp3) is 0.571. The Labute approximate surface area is 99.5 Å². The van der Waals surface area contributed by atoms with E-state index in [2.05, 4.69) is 58.8 Å².